The predicted molar refractivity (Wildman–Crippen MR) is 126 cm³/mol. The van der Waals surface area contributed by atoms with E-state index in [4.69, 9.17) is 9.73 Å². The first-order valence-electron chi connectivity index (χ1n) is 10.8. The summed E-state index contributed by atoms with van der Waals surface area (Å²) in [5.74, 6) is 0.853. The molecule has 6 nitrogen and oxygen atoms in total. The molecule has 2 aliphatic heterocycles. The number of hydrogen-bond acceptors (Lipinski definition) is 3. The molecular formula is C22H32FIN4O2. The third-order valence-electron chi connectivity index (χ3n) is 6.26. The highest BCUT2D eigenvalue weighted by Crippen LogP contribution is 2.49. The van der Waals surface area contributed by atoms with Gasteiger partial charge in [-0.3, -0.25) is 9.79 Å². The van der Waals surface area contributed by atoms with Gasteiger partial charge >= 0.3 is 0 Å². The van der Waals surface area contributed by atoms with Gasteiger partial charge in [-0.2, -0.15) is 0 Å². The van der Waals surface area contributed by atoms with Crippen molar-refractivity contribution in [1.29, 1.82) is 0 Å². The van der Waals surface area contributed by atoms with Crippen molar-refractivity contribution in [3.63, 3.8) is 0 Å². The Morgan fingerprint density at radius 3 is 2.53 bits per heavy atom. The smallest absolute Gasteiger partial charge is 0.251 e. The fourth-order valence-electron chi connectivity index (χ4n) is 4.32. The zero-order valence-corrected chi connectivity index (χ0v) is 19.9. The van der Waals surface area contributed by atoms with Crippen LogP contribution < -0.4 is 5.32 Å². The lowest BCUT2D eigenvalue weighted by molar-refractivity contribution is -0.142. The van der Waals surface area contributed by atoms with E-state index in [1.165, 1.54) is 6.07 Å². The Kier molecular flexibility index (Phi) is 7.95. The van der Waals surface area contributed by atoms with E-state index in [1.54, 1.807) is 6.07 Å². The average molecular weight is 530 g/mol. The number of ether oxygens (including phenoxy) is 1. The number of benzene rings is 1. The Bertz CT molecular complexity index is 757. The lowest BCUT2D eigenvalue weighted by Gasteiger charge is -2.37. The van der Waals surface area contributed by atoms with E-state index < -0.39 is 0 Å². The van der Waals surface area contributed by atoms with Crippen molar-refractivity contribution < 1.29 is 13.9 Å². The molecule has 0 spiro atoms. The summed E-state index contributed by atoms with van der Waals surface area (Å²) in [6, 6.07) is 7.06. The summed E-state index contributed by atoms with van der Waals surface area (Å²) < 4.78 is 19.8. The number of carbonyl (C=O) groups excluding carboxylic acids is 1. The Hall–Kier alpha value is -1.42. The van der Waals surface area contributed by atoms with Crippen LogP contribution >= 0.6 is 24.0 Å². The molecule has 30 heavy (non-hydrogen) atoms. The number of piperazine rings is 1. The van der Waals surface area contributed by atoms with Crippen molar-refractivity contribution in [2.24, 2.45) is 4.99 Å². The lowest BCUT2D eigenvalue weighted by Crippen LogP contribution is -2.55. The molecule has 3 fully saturated rings. The monoisotopic (exact) mass is 530 g/mol. The zero-order chi connectivity index (χ0) is 20.3. The molecule has 0 aromatic heterocycles. The number of hydrogen-bond donors (Lipinski definition) is 1. The van der Waals surface area contributed by atoms with Gasteiger partial charge in [0.15, 0.2) is 5.96 Å². The summed E-state index contributed by atoms with van der Waals surface area (Å²) in [6.07, 6.45) is 3.50. The molecule has 1 saturated carbocycles. The fourth-order valence-corrected chi connectivity index (χ4v) is 4.32. The number of aliphatic imine (C=N–C) groups is 1. The van der Waals surface area contributed by atoms with Gasteiger partial charge in [0.25, 0.3) is 5.91 Å². The Morgan fingerprint density at radius 2 is 1.93 bits per heavy atom. The number of nitrogens with zero attached hydrogens (tertiary/aromatic N) is 3. The van der Waals surface area contributed by atoms with Crippen molar-refractivity contribution in [3.8, 4) is 0 Å². The largest absolute Gasteiger partial charge is 0.368 e. The molecule has 2 heterocycles. The van der Waals surface area contributed by atoms with Crippen LogP contribution in [0, 0.1) is 5.82 Å². The summed E-state index contributed by atoms with van der Waals surface area (Å²) in [7, 11) is 0. The maximum absolute atomic E-state index is 14.3. The SMILES string of the molecule is CCNC(=NCC1(c2ccccc2F)CC1)N1CCN(C(=O)C2CCCO2)CC1.I. The molecule has 1 atom stereocenters. The maximum Gasteiger partial charge on any atom is 0.251 e. The predicted octanol–water partition coefficient (Wildman–Crippen LogP) is 2.76. The van der Waals surface area contributed by atoms with E-state index in [1.807, 2.05) is 17.0 Å². The van der Waals surface area contributed by atoms with Crippen molar-refractivity contribution in [1.82, 2.24) is 15.1 Å². The molecule has 4 rings (SSSR count). The van der Waals surface area contributed by atoms with E-state index in [-0.39, 0.29) is 47.2 Å². The van der Waals surface area contributed by atoms with Crippen LogP contribution in [0.15, 0.2) is 29.3 Å². The summed E-state index contributed by atoms with van der Waals surface area (Å²) in [5, 5.41) is 3.37. The first-order valence-corrected chi connectivity index (χ1v) is 10.8. The molecule has 1 amide bonds. The molecule has 1 aromatic carbocycles. The zero-order valence-electron chi connectivity index (χ0n) is 17.6. The summed E-state index contributed by atoms with van der Waals surface area (Å²) in [4.78, 5) is 21.6. The van der Waals surface area contributed by atoms with Gasteiger partial charge in [0, 0.05) is 44.7 Å². The van der Waals surface area contributed by atoms with E-state index in [0.717, 1.165) is 56.8 Å². The van der Waals surface area contributed by atoms with E-state index in [2.05, 4.69) is 17.1 Å². The molecule has 8 heteroatoms. The average Bonchev–Trinajstić information content (AvgIpc) is 3.32. The minimum atomic E-state index is -0.251. The highest BCUT2D eigenvalue weighted by Gasteiger charge is 2.46. The molecule has 3 aliphatic rings. The number of amides is 1. The Labute approximate surface area is 195 Å². The second kappa shape index (κ2) is 10.3. The van der Waals surface area contributed by atoms with Gasteiger partial charge in [-0.05, 0) is 44.2 Å². The van der Waals surface area contributed by atoms with Crippen LogP contribution in [0.5, 0.6) is 0 Å². The van der Waals surface area contributed by atoms with Crippen LogP contribution in [-0.2, 0) is 14.9 Å². The minimum absolute atomic E-state index is 0. The summed E-state index contributed by atoms with van der Waals surface area (Å²) >= 11 is 0. The molecular weight excluding hydrogens is 498 g/mol. The van der Waals surface area contributed by atoms with Gasteiger partial charge in [0.05, 0.1) is 6.54 Å². The van der Waals surface area contributed by atoms with Crippen molar-refractivity contribution in [2.75, 3.05) is 45.9 Å². The van der Waals surface area contributed by atoms with E-state index >= 15 is 0 Å². The van der Waals surface area contributed by atoms with Crippen molar-refractivity contribution in [3.05, 3.63) is 35.6 Å². The standard InChI is InChI=1S/C22H31FN4O2.HI/c1-2-24-21(25-16-22(9-10-22)17-6-3-4-7-18(17)23)27-13-11-26(12-14-27)20(28)19-8-5-15-29-19;/h3-4,6-7,19H,2,5,8-16H2,1H3,(H,24,25);1H. The highest BCUT2D eigenvalue weighted by atomic mass is 127. The van der Waals surface area contributed by atoms with Crippen LogP contribution in [0.1, 0.15) is 38.2 Å². The number of guanidine groups is 1. The van der Waals surface area contributed by atoms with Crippen LogP contribution in [0.2, 0.25) is 0 Å². The molecule has 1 unspecified atom stereocenters. The van der Waals surface area contributed by atoms with E-state index in [0.29, 0.717) is 26.2 Å². The minimum Gasteiger partial charge on any atom is -0.368 e. The maximum atomic E-state index is 14.3. The Morgan fingerprint density at radius 1 is 1.23 bits per heavy atom. The summed E-state index contributed by atoms with van der Waals surface area (Å²) in [5.41, 5.74) is 0.621. The molecule has 166 valence electrons. The normalized spacial score (nSPS) is 23.1. The highest BCUT2D eigenvalue weighted by molar-refractivity contribution is 14.0. The van der Waals surface area contributed by atoms with Gasteiger partial charge in [-0.25, -0.2) is 4.39 Å². The van der Waals surface area contributed by atoms with E-state index in [9.17, 15) is 9.18 Å². The second-order valence-corrected chi connectivity index (χ2v) is 8.24. The van der Waals surface area contributed by atoms with Crippen LogP contribution in [0.3, 0.4) is 0 Å². The first kappa shape index (κ1) is 23.2. The van der Waals surface area contributed by atoms with Gasteiger partial charge in [0.1, 0.15) is 11.9 Å². The molecule has 0 bridgehead atoms. The number of carbonyl (C=O) groups is 1. The number of rotatable bonds is 5. The summed E-state index contributed by atoms with van der Waals surface area (Å²) in [6.45, 7) is 6.97. The molecule has 2 saturated heterocycles. The fraction of sp³-hybridized carbons (Fsp3) is 0.636. The van der Waals surface area contributed by atoms with Crippen molar-refractivity contribution >= 4 is 35.8 Å². The van der Waals surface area contributed by atoms with Crippen molar-refractivity contribution in [2.45, 2.75) is 44.1 Å². The molecule has 1 aliphatic carbocycles. The van der Waals surface area contributed by atoms with Gasteiger partial charge < -0.3 is 19.9 Å². The molecule has 1 N–H and O–H groups in total. The number of halogens is 2. The van der Waals surface area contributed by atoms with Crippen LogP contribution in [0.25, 0.3) is 0 Å². The van der Waals surface area contributed by atoms with Gasteiger partial charge in [-0.1, -0.05) is 18.2 Å². The first-order chi connectivity index (χ1) is 14.1. The third kappa shape index (κ3) is 5.07. The number of nitrogens with one attached hydrogen (secondary N) is 1. The van der Waals surface area contributed by atoms with Gasteiger partial charge in [-0.15, -0.1) is 24.0 Å². The van der Waals surface area contributed by atoms with Crippen LogP contribution in [0.4, 0.5) is 4.39 Å². The molecule has 1 aromatic rings. The van der Waals surface area contributed by atoms with Crippen LogP contribution in [-0.4, -0.2) is 73.6 Å². The lowest BCUT2D eigenvalue weighted by atomic mass is 9.95. The van der Waals surface area contributed by atoms with Gasteiger partial charge in [0.2, 0.25) is 0 Å². The Balaban J connectivity index is 0.00000256. The third-order valence-corrected chi connectivity index (χ3v) is 6.26. The second-order valence-electron chi connectivity index (χ2n) is 8.24. The quantitative estimate of drug-likeness (QED) is 0.362. The topological polar surface area (TPSA) is 57.2 Å². The molecule has 0 radical (unpaired) electrons.